The number of phosphoric acid groups is 1. The fourth-order valence-corrected chi connectivity index (χ4v) is 6.77. The van der Waals surface area contributed by atoms with Crippen LogP contribution in [-0.4, -0.2) is 53.3 Å². The van der Waals surface area contributed by atoms with E-state index in [1.807, 2.05) is 6.08 Å². The fraction of sp³-hybridized carbons (Fsp3) is 0.818. The van der Waals surface area contributed by atoms with Crippen LogP contribution >= 0.6 is 7.82 Å². The smallest absolute Gasteiger partial charge is 0.462 e. The summed E-state index contributed by atoms with van der Waals surface area (Å²) in [7, 11) is -4.77. The molecule has 1 aliphatic heterocycles. The van der Waals surface area contributed by atoms with Crippen LogP contribution in [0.25, 0.3) is 0 Å². The molecule has 0 aromatic rings. The van der Waals surface area contributed by atoms with Gasteiger partial charge >= 0.3 is 19.8 Å². The molecule has 2 N–H and O–H groups in total. The number of unbranched alkanes of at least 4 members (excludes halogenated alkanes) is 17. The first kappa shape index (κ1) is 50.2. The van der Waals surface area contributed by atoms with Gasteiger partial charge in [0.05, 0.1) is 18.8 Å². The van der Waals surface area contributed by atoms with Crippen LogP contribution in [0, 0.1) is 5.92 Å². The molecule has 0 amide bonds. The first-order valence-electron chi connectivity index (χ1n) is 21.8. The molecule has 0 bridgehead atoms. The molecule has 1 aliphatic rings. The van der Waals surface area contributed by atoms with Crippen molar-refractivity contribution in [3.05, 3.63) is 36.5 Å². The Labute approximate surface area is 329 Å². The molecule has 0 aliphatic carbocycles. The Morgan fingerprint density at radius 2 is 1.19 bits per heavy atom. The maximum absolute atomic E-state index is 12.4. The summed E-state index contributed by atoms with van der Waals surface area (Å²) < 4.78 is 32.1. The number of rotatable bonds is 38. The van der Waals surface area contributed by atoms with E-state index in [0.717, 1.165) is 50.9 Å². The van der Waals surface area contributed by atoms with E-state index in [0.29, 0.717) is 25.0 Å². The van der Waals surface area contributed by atoms with Crippen LogP contribution in [0.3, 0.4) is 0 Å². The van der Waals surface area contributed by atoms with E-state index in [4.69, 9.17) is 24.0 Å². The molecule has 3 atom stereocenters. The van der Waals surface area contributed by atoms with Gasteiger partial charge in [-0.25, -0.2) is 4.57 Å². The lowest BCUT2D eigenvalue weighted by molar-refractivity contribution is -0.161. The highest BCUT2D eigenvalue weighted by atomic mass is 31.2. The van der Waals surface area contributed by atoms with E-state index >= 15 is 0 Å². The van der Waals surface area contributed by atoms with Gasteiger partial charge in [0.2, 0.25) is 0 Å². The Kier molecular flexibility index (Phi) is 32.1. The Bertz CT molecular complexity index is 1050. The molecule has 1 fully saturated rings. The number of hydrogen-bond acceptors (Lipinski definition) is 7. The van der Waals surface area contributed by atoms with Gasteiger partial charge in [-0.1, -0.05) is 173 Å². The Hall–Kier alpha value is -1.77. The number of carbonyl (C=O) groups excluding carboxylic acids is 2. The lowest BCUT2D eigenvalue weighted by Gasteiger charge is -2.18. The van der Waals surface area contributed by atoms with Crippen molar-refractivity contribution < 1.29 is 42.7 Å². The summed E-state index contributed by atoms with van der Waals surface area (Å²) in [5.41, 5.74) is 0. The minimum absolute atomic E-state index is 0.188. The summed E-state index contributed by atoms with van der Waals surface area (Å²) in [5.74, 6) is -0.118. The molecule has 9 nitrogen and oxygen atoms in total. The zero-order valence-electron chi connectivity index (χ0n) is 34.5. The van der Waals surface area contributed by atoms with Gasteiger partial charge in [0, 0.05) is 12.8 Å². The first-order chi connectivity index (χ1) is 26.1. The third-order valence-electron chi connectivity index (χ3n) is 9.76. The highest BCUT2D eigenvalue weighted by Crippen LogP contribution is 2.36. The van der Waals surface area contributed by atoms with Crippen LogP contribution in [0.4, 0.5) is 0 Å². The van der Waals surface area contributed by atoms with Crippen LogP contribution < -0.4 is 0 Å². The monoisotopic (exact) mass is 783 g/mol. The van der Waals surface area contributed by atoms with Gasteiger partial charge in [-0.05, 0) is 50.9 Å². The average molecular weight is 783 g/mol. The molecule has 1 rings (SSSR count). The summed E-state index contributed by atoms with van der Waals surface area (Å²) in [6, 6.07) is 0. The normalized spacial score (nSPS) is 16.6. The van der Waals surface area contributed by atoms with Crippen molar-refractivity contribution in [1.82, 2.24) is 0 Å². The number of carbonyl (C=O) groups is 2. The third-order valence-corrected chi connectivity index (χ3v) is 10.2. The van der Waals surface area contributed by atoms with Gasteiger partial charge in [-0.2, -0.15) is 0 Å². The van der Waals surface area contributed by atoms with Gasteiger partial charge in [0.25, 0.3) is 0 Å². The van der Waals surface area contributed by atoms with Crippen molar-refractivity contribution in [2.45, 2.75) is 212 Å². The van der Waals surface area contributed by atoms with E-state index in [1.54, 1.807) is 0 Å². The molecule has 0 saturated carbocycles. The Morgan fingerprint density at radius 3 is 1.76 bits per heavy atom. The minimum atomic E-state index is -4.77. The number of esters is 2. The predicted molar refractivity (Wildman–Crippen MR) is 220 cm³/mol. The van der Waals surface area contributed by atoms with Crippen molar-refractivity contribution >= 4 is 19.8 Å². The summed E-state index contributed by atoms with van der Waals surface area (Å²) >= 11 is 0. The number of ether oxygens (including phenoxy) is 3. The van der Waals surface area contributed by atoms with Crippen molar-refractivity contribution in [3.8, 4) is 0 Å². The summed E-state index contributed by atoms with van der Waals surface area (Å²) in [4.78, 5) is 42.9. The maximum atomic E-state index is 12.4. The Balaban J connectivity index is 2.07. The quantitative estimate of drug-likeness (QED) is 0.0206. The van der Waals surface area contributed by atoms with Crippen LogP contribution in [0.5, 0.6) is 0 Å². The van der Waals surface area contributed by atoms with Gasteiger partial charge < -0.3 is 24.0 Å². The molecular weight excluding hydrogens is 703 g/mol. The lowest BCUT2D eigenvalue weighted by Crippen LogP contribution is -2.29. The number of allylic oxidation sites excluding steroid dienone is 5. The topological polar surface area (TPSA) is 132 Å². The van der Waals surface area contributed by atoms with Crippen LogP contribution in [-0.2, 0) is 32.9 Å². The van der Waals surface area contributed by atoms with Crippen LogP contribution in [0.1, 0.15) is 194 Å². The van der Waals surface area contributed by atoms with Gasteiger partial charge in [0.15, 0.2) is 6.10 Å². The SMILES string of the molecule is CCCCCC1OC1C/C=C\C/C=C\C/C=C\CCCC(=O)OC[C@H](COP(=O)(O)O)OC(=O)CCCCCCCCCCCCCCCCCC(C)C. The van der Waals surface area contributed by atoms with Crippen LogP contribution in [0.15, 0.2) is 36.5 Å². The molecule has 314 valence electrons. The molecule has 0 spiro atoms. The minimum Gasteiger partial charge on any atom is -0.462 e. The standard InChI is InChI=1S/C44H79O9P/c1-4-5-27-33-41-42(53-41)34-29-24-20-16-13-14-17-21-25-30-35-43(45)50-37-40(38-51-54(47,48)49)52-44(46)36-31-26-22-18-12-10-8-6-7-9-11-15-19-23-28-32-39(2)3/h13,16-17,21,24,29,39-42H,4-12,14-15,18-20,22-23,25-28,30-38H2,1-3H3,(H2,47,48,49)/b16-13-,21-17-,29-24-/t40-,41?,42?/m1/s1. The van der Waals surface area contributed by atoms with E-state index in [-0.39, 0.29) is 19.4 Å². The molecule has 10 heteroatoms. The van der Waals surface area contributed by atoms with E-state index in [1.165, 1.54) is 103 Å². The molecule has 1 heterocycles. The summed E-state index contributed by atoms with van der Waals surface area (Å²) in [6.07, 6.45) is 41.9. The summed E-state index contributed by atoms with van der Waals surface area (Å²) in [6.45, 7) is 5.96. The van der Waals surface area contributed by atoms with E-state index in [2.05, 4.69) is 55.7 Å². The maximum Gasteiger partial charge on any atom is 0.469 e. The van der Waals surface area contributed by atoms with Gasteiger partial charge in [-0.3, -0.25) is 14.1 Å². The van der Waals surface area contributed by atoms with Crippen LogP contribution in [0.2, 0.25) is 0 Å². The fourth-order valence-electron chi connectivity index (χ4n) is 6.41. The largest absolute Gasteiger partial charge is 0.469 e. The molecule has 0 radical (unpaired) electrons. The molecule has 0 aromatic carbocycles. The molecule has 54 heavy (non-hydrogen) atoms. The van der Waals surface area contributed by atoms with Crippen molar-refractivity contribution in [1.29, 1.82) is 0 Å². The second-order valence-electron chi connectivity index (χ2n) is 15.5. The highest BCUT2D eigenvalue weighted by Gasteiger charge is 2.36. The first-order valence-corrected chi connectivity index (χ1v) is 23.3. The zero-order chi connectivity index (χ0) is 39.5. The Morgan fingerprint density at radius 1 is 0.648 bits per heavy atom. The number of phosphoric ester groups is 1. The number of hydrogen-bond donors (Lipinski definition) is 2. The molecule has 0 aromatic heterocycles. The van der Waals surface area contributed by atoms with E-state index < -0.39 is 32.5 Å². The van der Waals surface area contributed by atoms with E-state index in [9.17, 15) is 14.2 Å². The van der Waals surface area contributed by atoms with Gasteiger partial charge in [0.1, 0.15) is 6.61 Å². The number of epoxide rings is 1. The van der Waals surface area contributed by atoms with Crippen molar-refractivity contribution in [2.75, 3.05) is 13.2 Å². The second kappa shape index (κ2) is 34.5. The molecule has 2 unspecified atom stereocenters. The van der Waals surface area contributed by atoms with Crippen molar-refractivity contribution in [2.24, 2.45) is 5.92 Å². The molecular formula is C44H79O9P. The predicted octanol–water partition coefficient (Wildman–Crippen LogP) is 12.2. The zero-order valence-corrected chi connectivity index (χ0v) is 35.4. The lowest BCUT2D eigenvalue weighted by atomic mass is 10.0. The third kappa shape index (κ3) is 34.7. The van der Waals surface area contributed by atoms with Gasteiger partial charge in [-0.15, -0.1) is 0 Å². The highest BCUT2D eigenvalue weighted by molar-refractivity contribution is 7.46. The summed E-state index contributed by atoms with van der Waals surface area (Å²) in [5, 5.41) is 0. The molecule has 1 saturated heterocycles. The average Bonchev–Trinajstić information content (AvgIpc) is 3.88. The van der Waals surface area contributed by atoms with Crippen molar-refractivity contribution in [3.63, 3.8) is 0 Å². The second-order valence-corrected chi connectivity index (χ2v) is 16.8.